The van der Waals surface area contributed by atoms with Gasteiger partial charge in [-0.3, -0.25) is 4.79 Å². The molecule has 2 aromatic heterocycles. The van der Waals surface area contributed by atoms with Gasteiger partial charge >= 0.3 is 12.1 Å². The van der Waals surface area contributed by atoms with Crippen LogP contribution in [0.15, 0.2) is 104 Å². The lowest BCUT2D eigenvalue weighted by molar-refractivity contribution is -0.132. The molecule has 0 atom stereocenters. The van der Waals surface area contributed by atoms with Gasteiger partial charge in [0.1, 0.15) is 0 Å². The number of esters is 1. The van der Waals surface area contributed by atoms with Crippen molar-refractivity contribution in [3.8, 4) is 11.1 Å². The van der Waals surface area contributed by atoms with Crippen LogP contribution in [0.4, 0.5) is 4.79 Å². The molecule has 4 heterocycles. The number of piperazine rings is 1. The van der Waals surface area contributed by atoms with E-state index in [-0.39, 0.29) is 5.91 Å². The van der Waals surface area contributed by atoms with E-state index in [2.05, 4.69) is 62.6 Å². The number of likely N-dealkylation sites (N-methyl/N-ethyl adjacent to an activating group) is 1. The van der Waals surface area contributed by atoms with Crippen molar-refractivity contribution in [3.63, 3.8) is 0 Å². The number of carbonyl (C=O) groups excluding carboxylic acids is 3. The number of nitrogens with zero attached hydrogens (tertiary/aromatic N) is 6. The first-order valence-electron chi connectivity index (χ1n) is 17.3. The molecule has 0 N–H and O–H groups in total. The fourth-order valence-corrected chi connectivity index (χ4v) is 6.95. The van der Waals surface area contributed by atoms with Crippen molar-refractivity contribution < 1.29 is 19.1 Å². The Morgan fingerprint density at radius 3 is 2.36 bits per heavy atom. The molecule has 0 aliphatic carbocycles. The highest BCUT2D eigenvalue weighted by Gasteiger charge is 2.27. The van der Waals surface area contributed by atoms with E-state index in [0.29, 0.717) is 44.2 Å². The molecule has 2 aliphatic rings. The summed E-state index contributed by atoms with van der Waals surface area (Å²) >= 11 is 0. The highest BCUT2D eigenvalue weighted by Crippen LogP contribution is 2.33. The molecule has 2 amide bonds. The second kappa shape index (κ2) is 15.0. The number of piperidine rings is 1. The number of hydrogen-bond acceptors (Lipinski definition) is 6. The van der Waals surface area contributed by atoms with Gasteiger partial charge in [0.25, 0.3) is 5.91 Å². The number of benzene rings is 3. The van der Waals surface area contributed by atoms with Gasteiger partial charge in [0.2, 0.25) is 0 Å². The minimum atomic E-state index is -0.675. The molecular weight excluding hydrogens is 628 g/mol. The first-order chi connectivity index (χ1) is 24.4. The molecule has 0 bridgehead atoms. The Balaban J connectivity index is 1.02. The van der Waals surface area contributed by atoms with Crippen molar-refractivity contribution in [2.45, 2.75) is 25.9 Å². The summed E-state index contributed by atoms with van der Waals surface area (Å²) in [4.78, 5) is 49.2. The highest BCUT2D eigenvalue weighted by molar-refractivity contribution is 6.06. The fourth-order valence-electron chi connectivity index (χ4n) is 6.95. The largest absolute Gasteiger partial charge is 0.417 e. The summed E-state index contributed by atoms with van der Waals surface area (Å²) < 4.78 is 9.36. The SMILES string of the molecule is CN1CCN(C(=O)c2cn(Cc3cncn3CC3CCN(C(=O)OC(=O)C=Cc4ccccc4)CC3)cc2-c2cccc3ccccc23)CC1. The number of likely N-dealkylation sites (tertiary alicyclic amines) is 1. The van der Waals surface area contributed by atoms with E-state index < -0.39 is 12.1 Å². The first-order valence-corrected chi connectivity index (χ1v) is 17.3. The zero-order valence-electron chi connectivity index (χ0n) is 28.4. The van der Waals surface area contributed by atoms with E-state index in [4.69, 9.17) is 4.74 Å². The number of hydrogen-bond donors (Lipinski definition) is 0. The van der Waals surface area contributed by atoms with Gasteiger partial charge in [0, 0.05) is 76.0 Å². The Hall–Kier alpha value is -5.48. The van der Waals surface area contributed by atoms with Crippen LogP contribution in [0, 0.1) is 5.92 Å². The normalized spacial score (nSPS) is 15.9. The van der Waals surface area contributed by atoms with Crippen molar-refractivity contribution in [3.05, 3.63) is 121 Å². The van der Waals surface area contributed by atoms with E-state index in [1.807, 2.05) is 66.1 Å². The number of ether oxygens (including phenoxy) is 1. The van der Waals surface area contributed by atoms with Crippen LogP contribution in [-0.4, -0.2) is 93.1 Å². The van der Waals surface area contributed by atoms with Crippen molar-refractivity contribution >= 4 is 34.8 Å². The second-order valence-electron chi connectivity index (χ2n) is 13.3. The minimum Gasteiger partial charge on any atom is -0.373 e. The van der Waals surface area contributed by atoms with Crippen LogP contribution in [0.2, 0.25) is 0 Å². The van der Waals surface area contributed by atoms with Crippen LogP contribution in [0.1, 0.15) is 34.5 Å². The lowest BCUT2D eigenvalue weighted by Gasteiger charge is -2.32. The molecule has 2 aliphatic heterocycles. The maximum absolute atomic E-state index is 14.0. The van der Waals surface area contributed by atoms with Crippen molar-refractivity contribution in [1.82, 2.24) is 28.8 Å². The molecule has 0 spiro atoms. The maximum Gasteiger partial charge on any atom is 0.417 e. The average molecular weight is 671 g/mol. The average Bonchev–Trinajstić information content (AvgIpc) is 3.78. The topological polar surface area (TPSA) is 92.9 Å². The first kappa shape index (κ1) is 33.0. The lowest BCUT2D eigenvalue weighted by Crippen LogP contribution is -2.47. The smallest absolute Gasteiger partial charge is 0.373 e. The molecule has 2 fully saturated rings. The summed E-state index contributed by atoms with van der Waals surface area (Å²) in [7, 11) is 2.09. The van der Waals surface area contributed by atoms with Gasteiger partial charge in [-0.05, 0) is 53.8 Å². The molecule has 10 heteroatoms. The molecule has 0 unspecified atom stereocenters. The summed E-state index contributed by atoms with van der Waals surface area (Å²) in [5, 5.41) is 2.26. The van der Waals surface area contributed by atoms with E-state index in [1.165, 1.54) is 6.08 Å². The van der Waals surface area contributed by atoms with E-state index in [0.717, 1.165) is 65.6 Å². The number of fused-ring (bicyclic) bond motifs is 1. The predicted molar refractivity (Wildman–Crippen MR) is 193 cm³/mol. The van der Waals surface area contributed by atoms with Crippen LogP contribution in [-0.2, 0) is 22.6 Å². The predicted octanol–water partition coefficient (Wildman–Crippen LogP) is 6.03. The molecule has 10 nitrogen and oxygen atoms in total. The quantitative estimate of drug-likeness (QED) is 0.114. The second-order valence-corrected chi connectivity index (χ2v) is 13.3. The van der Waals surface area contributed by atoms with Crippen LogP contribution < -0.4 is 0 Å². The van der Waals surface area contributed by atoms with E-state index >= 15 is 0 Å². The molecule has 3 aromatic carbocycles. The van der Waals surface area contributed by atoms with Crippen LogP contribution in [0.3, 0.4) is 0 Å². The highest BCUT2D eigenvalue weighted by atomic mass is 16.6. The zero-order valence-corrected chi connectivity index (χ0v) is 28.4. The maximum atomic E-state index is 14.0. The summed E-state index contributed by atoms with van der Waals surface area (Å²) in [6, 6.07) is 24.0. The Morgan fingerprint density at radius 2 is 1.56 bits per heavy atom. The number of carbonyl (C=O) groups is 3. The standard InChI is InChI=1S/C40H42N6O4/c1-42-20-22-44(23-21-42)39(48)37-28-43(27-36(37)35-13-7-11-32-10-5-6-12-34(32)35)26-33-24-41-29-46(33)25-31-16-18-45(19-17-31)40(49)50-38(47)15-14-30-8-3-2-4-9-30/h2-15,24,27-29,31H,16-23,25-26H2,1H3. The Bertz CT molecular complexity index is 1990. The van der Waals surface area contributed by atoms with Gasteiger partial charge in [-0.1, -0.05) is 72.8 Å². The summed E-state index contributed by atoms with van der Waals surface area (Å²) in [6.07, 6.45) is 11.7. The van der Waals surface area contributed by atoms with Gasteiger partial charge in [-0.15, -0.1) is 0 Å². The third-order valence-corrected chi connectivity index (χ3v) is 9.85. The lowest BCUT2D eigenvalue weighted by atomic mass is 9.97. The Kier molecular flexibility index (Phi) is 9.89. The van der Waals surface area contributed by atoms with Gasteiger partial charge < -0.3 is 28.6 Å². The van der Waals surface area contributed by atoms with Crippen molar-refractivity contribution in [2.24, 2.45) is 5.92 Å². The number of rotatable bonds is 8. The van der Waals surface area contributed by atoms with Gasteiger partial charge in [-0.25, -0.2) is 14.6 Å². The molecule has 5 aromatic rings. The number of imidazole rings is 1. The van der Waals surface area contributed by atoms with Gasteiger partial charge in [0.05, 0.1) is 24.1 Å². The minimum absolute atomic E-state index is 0.0625. The third kappa shape index (κ3) is 7.55. The van der Waals surface area contributed by atoms with Gasteiger partial charge in [0.15, 0.2) is 0 Å². The Morgan fingerprint density at radius 1 is 0.820 bits per heavy atom. The monoisotopic (exact) mass is 670 g/mol. The molecule has 256 valence electrons. The molecule has 7 rings (SSSR count). The Labute approximate surface area is 292 Å². The molecule has 0 saturated carbocycles. The van der Waals surface area contributed by atoms with Crippen molar-refractivity contribution in [2.75, 3.05) is 46.3 Å². The third-order valence-electron chi connectivity index (χ3n) is 9.85. The molecule has 2 saturated heterocycles. The van der Waals surface area contributed by atoms with Crippen LogP contribution >= 0.6 is 0 Å². The van der Waals surface area contributed by atoms with Crippen molar-refractivity contribution in [1.29, 1.82) is 0 Å². The fraction of sp³-hybridized carbons (Fsp3) is 0.300. The zero-order chi connectivity index (χ0) is 34.5. The summed E-state index contributed by atoms with van der Waals surface area (Å²) in [5.41, 5.74) is 4.60. The van der Waals surface area contributed by atoms with Crippen LogP contribution in [0.5, 0.6) is 0 Å². The molecule has 50 heavy (non-hydrogen) atoms. The van der Waals surface area contributed by atoms with E-state index in [1.54, 1.807) is 11.0 Å². The summed E-state index contributed by atoms with van der Waals surface area (Å²) in [5.74, 6) is -0.274. The number of amides is 2. The molecular formula is C40H42N6O4. The molecule has 0 radical (unpaired) electrons. The number of aromatic nitrogens is 3. The van der Waals surface area contributed by atoms with E-state index in [9.17, 15) is 14.4 Å². The van der Waals surface area contributed by atoms with Crippen LogP contribution in [0.25, 0.3) is 28.0 Å². The van der Waals surface area contributed by atoms with Gasteiger partial charge in [-0.2, -0.15) is 0 Å². The summed E-state index contributed by atoms with van der Waals surface area (Å²) in [6.45, 7) is 5.51.